The van der Waals surface area contributed by atoms with Crippen molar-refractivity contribution in [3.63, 3.8) is 0 Å². The SMILES string of the molecule is CC1CCCC(n2cnc(-c3c(N(N)/C=C(\N)C#N)ccc(Cl)c3F)cc2=O)c2cc(ccn2)-c2c(cnn2C(F)F)NC1=O. The summed E-state index contributed by atoms with van der Waals surface area (Å²) in [6, 6.07) is 7.77. The fraction of sp³-hybridized carbons (Fsp3) is 0.241. The molecule has 12 nitrogen and oxygen atoms in total. The minimum atomic E-state index is -2.99. The van der Waals surface area contributed by atoms with E-state index in [9.17, 15) is 18.4 Å². The molecule has 0 radical (unpaired) electrons. The fourth-order valence-electron chi connectivity index (χ4n) is 5.13. The standard InChI is InChI=1S/C29H26ClF3N10O2/c1-15-3-2-4-22(19-9-16(7-8-37-19)27-21(40-28(15)45)12-39-43(27)29(32)33)41-14-38-20(10-24(41)44)25-23(6-5-18(30)26(25)31)42(36)13-17(35)11-34/h5-10,12-15,22,29H,2-4,35-36H2,1H3,(H,40,45)/b17-13-. The number of hydrogen-bond acceptors (Lipinski definition) is 9. The number of hydrogen-bond donors (Lipinski definition) is 3. The molecule has 2 atom stereocenters. The van der Waals surface area contributed by atoms with Gasteiger partial charge in [0, 0.05) is 23.7 Å². The zero-order chi connectivity index (χ0) is 32.4. The molecule has 45 heavy (non-hydrogen) atoms. The van der Waals surface area contributed by atoms with E-state index in [2.05, 4.69) is 20.4 Å². The molecule has 4 heterocycles. The number of benzene rings is 1. The normalized spacial score (nSPS) is 17.1. The van der Waals surface area contributed by atoms with E-state index >= 15 is 4.39 Å². The smallest absolute Gasteiger partial charge is 0.333 e. The predicted molar refractivity (Wildman–Crippen MR) is 160 cm³/mol. The largest absolute Gasteiger partial charge is 0.389 e. The Balaban J connectivity index is 1.63. The third kappa shape index (κ3) is 6.24. The number of hydrazine groups is 1. The highest BCUT2D eigenvalue weighted by Crippen LogP contribution is 2.37. The molecule has 0 saturated heterocycles. The number of nitriles is 1. The summed E-state index contributed by atoms with van der Waals surface area (Å²) in [6.07, 6.45) is 6.12. The summed E-state index contributed by atoms with van der Waals surface area (Å²) in [5, 5.41) is 16.1. The summed E-state index contributed by atoms with van der Waals surface area (Å²) in [4.78, 5) is 35.3. The molecule has 4 aromatic rings. The van der Waals surface area contributed by atoms with E-state index in [-0.39, 0.29) is 45.0 Å². The number of anilines is 2. The minimum Gasteiger partial charge on any atom is -0.389 e. The molecular weight excluding hydrogens is 613 g/mol. The van der Waals surface area contributed by atoms with Gasteiger partial charge in [0.2, 0.25) is 5.91 Å². The molecule has 1 aliphatic heterocycles. The van der Waals surface area contributed by atoms with E-state index in [4.69, 9.17) is 28.4 Å². The van der Waals surface area contributed by atoms with Gasteiger partial charge in [0.25, 0.3) is 5.56 Å². The van der Waals surface area contributed by atoms with E-state index < -0.39 is 29.9 Å². The van der Waals surface area contributed by atoms with Gasteiger partial charge in [-0.25, -0.2) is 19.9 Å². The first-order valence-corrected chi connectivity index (χ1v) is 14.0. The molecule has 0 fully saturated rings. The van der Waals surface area contributed by atoms with Gasteiger partial charge in [0.1, 0.15) is 11.8 Å². The molecule has 3 aromatic heterocycles. The molecule has 0 spiro atoms. The predicted octanol–water partition coefficient (Wildman–Crippen LogP) is 4.71. The molecular formula is C29H26ClF3N10O2. The first-order chi connectivity index (χ1) is 21.5. The van der Waals surface area contributed by atoms with Gasteiger partial charge in [-0.2, -0.15) is 19.1 Å². The molecule has 1 aliphatic rings. The number of fused-ring (bicyclic) bond motifs is 4. The Hall–Kier alpha value is -5.20. The fourth-order valence-corrected chi connectivity index (χ4v) is 5.29. The van der Waals surface area contributed by atoms with Crippen molar-refractivity contribution in [2.75, 3.05) is 10.3 Å². The van der Waals surface area contributed by atoms with Crippen LogP contribution in [0.25, 0.3) is 22.5 Å². The van der Waals surface area contributed by atoms with Crippen LogP contribution in [-0.4, -0.2) is 30.2 Å². The van der Waals surface area contributed by atoms with E-state index in [0.29, 0.717) is 35.2 Å². The molecule has 0 saturated carbocycles. The maximum absolute atomic E-state index is 15.4. The van der Waals surface area contributed by atoms with Crippen molar-refractivity contribution in [1.82, 2.24) is 24.3 Å². The highest BCUT2D eigenvalue weighted by Gasteiger charge is 2.27. The van der Waals surface area contributed by atoms with Crippen molar-refractivity contribution in [1.29, 1.82) is 5.26 Å². The van der Waals surface area contributed by atoms with Gasteiger partial charge < -0.3 is 11.1 Å². The van der Waals surface area contributed by atoms with Crippen molar-refractivity contribution in [2.24, 2.45) is 17.5 Å². The lowest BCUT2D eigenvalue weighted by Crippen LogP contribution is -2.28. The molecule has 1 amide bonds. The molecule has 1 aromatic carbocycles. The highest BCUT2D eigenvalue weighted by atomic mass is 35.5. The lowest BCUT2D eigenvalue weighted by atomic mass is 9.97. The van der Waals surface area contributed by atoms with Crippen molar-refractivity contribution in [3.8, 4) is 28.6 Å². The van der Waals surface area contributed by atoms with Gasteiger partial charge in [-0.3, -0.25) is 24.1 Å². The molecule has 5 rings (SSSR count). The Morgan fingerprint density at radius 3 is 2.73 bits per heavy atom. The van der Waals surface area contributed by atoms with Crippen molar-refractivity contribution < 1.29 is 18.0 Å². The number of amides is 1. The lowest BCUT2D eigenvalue weighted by molar-refractivity contribution is -0.119. The average molecular weight is 639 g/mol. The number of allylic oxidation sites excluding steroid dienone is 1. The van der Waals surface area contributed by atoms with Crippen LogP contribution >= 0.6 is 11.6 Å². The second kappa shape index (κ2) is 12.8. The van der Waals surface area contributed by atoms with Crippen LogP contribution in [0.2, 0.25) is 5.02 Å². The molecule has 5 N–H and O–H groups in total. The first kappa shape index (κ1) is 31.2. The number of rotatable bonds is 5. The summed E-state index contributed by atoms with van der Waals surface area (Å²) in [5.41, 5.74) is 5.20. The molecule has 232 valence electrons. The lowest BCUT2D eigenvalue weighted by Gasteiger charge is -2.23. The van der Waals surface area contributed by atoms with Gasteiger partial charge in [0.05, 0.1) is 63.8 Å². The van der Waals surface area contributed by atoms with Gasteiger partial charge in [0.15, 0.2) is 5.82 Å². The van der Waals surface area contributed by atoms with Crippen molar-refractivity contribution in [2.45, 2.75) is 38.8 Å². The Kier molecular flexibility index (Phi) is 8.89. The van der Waals surface area contributed by atoms with E-state index in [1.165, 1.54) is 41.5 Å². The number of halogens is 4. The maximum atomic E-state index is 15.4. The Bertz CT molecular complexity index is 1900. The van der Waals surface area contributed by atoms with Crippen LogP contribution in [0.1, 0.15) is 44.5 Å². The number of nitrogens with zero attached hydrogens (tertiary/aromatic N) is 7. The number of aromatic nitrogens is 5. The van der Waals surface area contributed by atoms with E-state index in [0.717, 1.165) is 17.3 Å². The number of carbonyl (C=O) groups is 1. The maximum Gasteiger partial charge on any atom is 0.333 e. The van der Waals surface area contributed by atoms with Gasteiger partial charge >= 0.3 is 6.55 Å². The third-order valence-corrected chi connectivity index (χ3v) is 7.67. The number of nitrogens with one attached hydrogen (secondary N) is 1. The van der Waals surface area contributed by atoms with Gasteiger partial charge in [-0.15, -0.1) is 0 Å². The monoisotopic (exact) mass is 638 g/mol. The topological polar surface area (TPSA) is 174 Å². The van der Waals surface area contributed by atoms with E-state index in [1.807, 2.05) is 0 Å². The van der Waals surface area contributed by atoms with Gasteiger partial charge in [-0.1, -0.05) is 24.9 Å². The highest BCUT2D eigenvalue weighted by molar-refractivity contribution is 6.31. The summed E-state index contributed by atoms with van der Waals surface area (Å²) < 4.78 is 45.0. The zero-order valence-corrected chi connectivity index (χ0v) is 24.4. The van der Waals surface area contributed by atoms with E-state index in [1.54, 1.807) is 19.1 Å². The van der Waals surface area contributed by atoms with Gasteiger partial charge in [-0.05, 0) is 37.1 Å². The summed E-state index contributed by atoms with van der Waals surface area (Å²) >= 11 is 6.04. The summed E-state index contributed by atoms with van der Waals surface area (Å²) in [5.74, 6) is 4.27. The second-order valence-corrected chi connectivity index (χ2v) is 10.7. The summed E-state index contributed by atoms with van der Waals surface area (Å²) in [6.45, 7) is -1.28. The van der Waals surface area contributed by atoms with Crippen molar-refractivity contribution >= 4 is 28.9 Å². The molecule has 2 unspecified atom stereocenters. The first-order valence-electron chi connectivity index (χ1n) is 13.6. The Morgan fingerprint density at radius 1 is 1.24 bits per heavy atom. The van der Waals surface area contributed by atoms with Crippen LogP contribution < -0.4 is 27.5 Å². The van der Waals surface area contributed by atoms with Crippen LogP contribution in [0.3, 0.4) is 0 Å². The summed E-state index contributed by atoms with van der Waals surface area (Å²) in [7, 11) is 0. The van der Waals surface area contributed by atoms with Crippen LogP contribution in [0.5, 0.6) is 0 Å². The van der Waals surface area contributed by atoms with Crippen molar-refractivity contribution in [3.05, 3.63) is 87.8 Å². The number of carbonyl (C=O) groups excluding carboxylic acids is 1. The van der Waals surface area contributed by atoms with Crippen LogP contribution in [0.15, 0.2) is 65.7 Å². The minimum absolute atomic E-state index is 0.0178. The molecule has 0 aliphatic carbocycles. The number of pyridine rings is 1. The quantitative estimate of drug-likeness (QED) is 0.159. The average Bonchev–Trinajstić information content (AvgIpc) is 3.44. The third-order valence-electron chi connectivity index (χ3n) is 7.38. The molecule has 2 bridgehead atoms. The second-order valence-electron chi connectivity index (χ2n) is 10.3. The Labute approximate surface area is 259 Å². The van der Waals surface area contributed by atoms with Crippen LogP contribution in [-0.2, 0) is 4.79 Å². The van der Waals surface area contributed by atoms with Crippen LogP contribution in [0.4, 0.5) is 24.5 Å². The number of alkyl halides is 2. The zero-order valence-electron chi connectivity index (χ0n) is 23.7. The number of nitrogens with two attached hydrogens (primary N) is 2. The molecule has 16 heteroatoms. The Morgan fingerprint density at radius 2 is 2.02 bits per heavy atom. The van der Waals surface area contributed by atoms with Crippen LogP contribution in [0, 0.1) is 23.1 Å².